The topological polar surface area (TPSA) is 33.6 Å². The molecule has 0 bridgehead atoms. The number of thioether (sulfide) groups is 1. The van der Waals surface area contributed by atoms with Crippen molar-refractivity contribution < 1.29 is 4.74 Å². The first-order valence-electron chi connectivity index (χ1n) is 7.48. The number of amidine groups is 1. The Morgan fingerprint density at radius 2 is 2.15 bits per heavy atom. The summed E-state index contributed by atoms with van der Waals surface area (Å²) in [6.07, 6.45) is 5.21. The van der Waals surface area contributed by atoms with Gasteiger partial charge in [-0.25, -0.2) is 0 Å². The summed E-state index contributed by atoms with van der Waals surface area (Å²) in [5.74, 6) is 1.93. The summed E-state index contributed by atoms with van der Waals surface area (Å²) < 4.78 is 5.81. The lowest BCUT2D eigenvalue weighted by molar-refractivity contribution is 0.342. The van der Waals surface area contributed by atoms with Crippen LogP contribution in [-0.4, -0.2) is 29.6 Å². The largest absolute Gasteiger partial charge is 0.492 e. The van der Waals surface area contributed by atoms with E-state index >= 15 is 0 Å². The number of nitrogens with zero attached hydrogens (tertiary/aromatic N) is 1. The summed E-state index contributed by atoms with van der Waals surface area (Å²) in [6.45, 7) is 2.81. The number of ether oxygens (including phenoxy) is 1. The van der Waals surface area contributed by atoms with Crippen LogP contribution in [0.3, 0.4) is 0 Å². The highest BCUT2D eigenvalue weighted by Gasteiger charge is 2.30. The van der Waals surface area contributed by atoms with Crippen molar-refractivity contribution in [1.82, 2.24) is 5.32 Å². The van der Waals surface area contributed by atoms with Gasteiger partial charge in [-0.1, -0.05) is 42.8 Å². The van der Waals surface area contributed by atoms with Crippen LogP contribution in [0.15, 0.2) is 29.3 Å². The molecular weight excluding hydrogens is 268 g/mol. The van der Waals surface area contributed by atoms with Gasteiger partial charge in [-0.2, -0.15) is 0 Å². The first-order valence-corrected chi connectivity index (χ1v) is 8.47. The number of rotatable bonds is 4. The van der Waals surface area contributed by atoms with Crippen LogP contribution in [0, 0.1) is 6.92 Å². The number of fused-ring (bicyclic) bond motifs is 1. The highest BCUT2D eigenvalue weighted by atomic mass is 32.2. The summed E-state index contributed by atoms with van der Waals surface area (Å²) in [5.41, 5.74) is 1.19. The van der Waals surface area contributed by atoms with Crippen molar-refractivity contribution in [3.05, 3.63) is 29.8 Å². The molecule has 0 amide bonds. The minimum Gasteiger partial charge on any atom is -0.492 e. The Bertz CT molecular complexity index is 489. The minimum atomic E-state index is 0.531. The SMILES string of the molecule is Cc1ccccc1OCCSC1=NC2CCCCC2N1. The molecule has 2 unspecified atom stereocenters. The zero-order valence-corrected chi connectivity index (χ0v) is 12.8. The average molecular weight is 290 g/mol. The van der Waals surface area contributed by atoms with Gasteiger partial charge in [0.05, 0.1) is 18.7 Å². The van der Waals surface area contributed by atoms with Crippen molar-refractivity contribution in [3.63, 3.8) is 0 Å². The third-order valence-corrected chi connectivity index (χ3v) is 4.86. The molecule has 0 aromatic heterocycles. The number of para-hydroxylation sites is 1. The molecule has 1 N–H and O–H groups in total. The number of benzene rings is 1. The molecule has 2 aliphatic rings. The number of nitrogens with one attached hydrogen (secondary N) is 1. The molecule has 0 spiro atoms. The fraction of sp³-hybridized carbons (Fsp3) is 0.562. The smallest absolute Gasteiger partial charge is 0.157 e. The number of hydrogen-bond acceptors (Lipinski definition) is 4. The van der Waals surface area contributed by atoms with Crippen molar-refractivity contribution >= 4 is 16.9 Å². The lowest BCUT2D eigenvalue weighted by Crippen LogP contribution is -2.36. The third kappa shape index (κ3) is 3.29. The summed E-state index contributed by atoms with van der Waals surface area (Å²) in [7, 11) is 0. The quantitative estimate of drug-likeness (QED) is 0.863. The van der Waals surface area contributed by atoms with Crippen molar-refractivity contribution in [1.29, 1.82) is 0 Å². The van der Waals surface area contributed by atoms with E-state index in [4.69, 9.17) is 9.73 Å². The molecule has 1 aliphatic heterocycles. The molecule has 1 heterocycles. The Hall–Kier alpha value is -1.16. The van der Waals surface area contributed by atoms with Gasteiger partial charge < -0.3 is 10.1 Å². The van der Waals surface area contributed by atoms with Gasteiger partial charge in [0.25, 0.3) is 0 Å². The van der Waals surface area contributed by atoms with Crippen LogP contribution < -0.4 is 10.1 Å². The van der Waals surface area contributed by atoms with E-state index in [0.29, 0.717) is 12.1 Å². The Morgan fingerprint density at radius 1 is 1.30 bits per heavy atom. The molecule has 1 aliphatic carbocycles. The van der Waals surface area contributed by atoms with Gasteiger partial charge in [-0.15, -0.1) is 0 Å². The third-order valence-electron chi connectivity index (χ3n) is 3.99. The molecule has 1 aromatic rings. The van der Waals surface area contributed by atoms with Gasteiger partial charge in [0.2, 0.25) is 0 Å². The van der Waals surface area contributed by atoms with Crippen molar-refractivity contribution in [2.45, 2.75) is 44.7 Å². The first kappa shape index (κ1) is 13.8. The van der Waals surface area contributed by atoms with Gasteiger partial charge in [0.1, 0.15) is 5.75 Å². The number of hydrogen-bond donors (Lipinski definition) is 1. The molecule has 3 rings (SSSR count). The minimum absolute atomic E-state index is 0.531. The van der Waals surface area contributed by atoms with E-state index < -0.39 is 0 Å². The average Bonchev–Trinajstić information content (AvgIpc) is 2.88. The highest BCUT2D eigenvalue weighted by Crippen LogP contribution is 2.27. The lowest BCUT2D eigenvalue weighted by atomic mass is 9.92. The zero-order chi connectivity index (χ0) is 13.8. The first-order chi connectivity index (χ1) is 9.83. The van der Waals surface area contributed by atoms with E-state index in [-0.39, 0.29) is 0 Å². The summed E-state index contributed by atoms with van der Waals surface area (Å²) in [6, 6.07) is 9.29. The predicted molar refractivity (Wildman–Crippen MR) is 85.7 cm³/mol. The van der Waals surface area contributed by atoms with Crippen LogP contribution in [0.25, 0.3) is 0 Å². The second-order valence-corrected chi connectivity index (χ2v) is 6.58. The van der Waals surface area contributed by atoms with E-state index in [1.165, 1.54) is 31.2 Å². The molecule has 4 heteroatoms. The fourth-order valence-electron chi connectivity index (χ4n) is 2.87. The second kappa shape index (κ2) is 6.53. The molecular formula is C16H22N2OS. The van der Waals surface area contributed by atoms with E-state index in [0.717, 1.165) is 23.3 Å². The van der Waals surface area contributed by atoms with Gasteiger partial charge in [0.15, 0.2) is 5.17 Å². The molecule has 20 heavy (non-hydrogen) atoms. The Labute approximate surface area is 125 Å². The zero-order valence-electron chi connectivity index (χ0n) is 12.0. The normalized spacial score (nSPS) is 24.8. The number of aryl methyl sites for hydroxylation is 1. The summed E-state index contributed by atoms with van der Waals surface area (Å²) in [5, 5.41) is 4.68. The summed E-state index contributed by atoms with van der Waals surface area (Å²) >= 11 is 1.79. The molecule has 108 valence electrons. The molecule has 3 nitrogen and oxygen atoms in total. The van der Waals surface area contributed by atoms with Gasteiger partial charge in [-0.05, 0) is 31.4 Å². The van der Waals surface area contributed by atoms with Gasteiger partial charge in [0, 0.05) is 5.75 Å². The maximum absolute atomic E-state index is 5.81. The second-order valence-electron chi connectivity index (χ2n) is 5.50. The Kier molecular flexibility index (Phi) is 4.51. The van der Waals surface area contributed by atoms with Gasteiger partial charge in [-0.3, -0.25) is 4.99 Å². The fourth-order valence-corrected chi connectivity index (χ4v) is 3.67. The molecule has 0 radical (unpaired) electrons. The van der Waals surface area contributed by atoms with E-state index in [9.17, 15) is 0 Å². The van der Waals surface area contributed by atoms with Crippen molar-refractivity contribution in [2.75, 3.05) is 12.4 Å². The molecule has 0 saturated heterocycles. The van der Waals surface area contributed by atoms with Crippen molar-refractivity contribution in [2.24, 2.45) is 4.99 Å². The molecule has 2 atom stereocenters. The van der Waals surface area contributed by atoms with Crippen LogP contribution in [0.1, 0.15) is 31.2 Å². The molecule has 1 fully saturated rings. The van der Waals surface area contributed by atoms with Crippen LogP contribution in [0.2, 0.25) is 0 Å². The Morgan fingerprint density at radius 3 is 3.00 bits per heavy atom. The lowest BCUT2D eigenvalue weighted by Gasteiger charge is -2.23. The van der Waals surface area contributed by atoms with Crippen LogP contribution in [0.4, 0.5) is 0 Å². The van der Waals surface area contributed by atoms with Gasteiger partial charge >= 0.3 is 0 Å². The number of aliphatic imine (C=N–C) groups is 1. The van der Waals surface area contributed by atoms with Crippen molar-refractivity contribution in [3.8, 4) is 5.75 Å². The van der Waals surface area contributed by atoms with Crippen LogP contribution in [-0.2, 0) is 0 Å². The highest BCUT2D eigenvalue weighted by molar-refractivity contribution is 8.13. The van der Waals surface area contributed by atoms with E-state index in [2.05, 4.69) is 18.3 Å². The van der Waals surface area contributed by atoms with E-state index in [1.54, 1.807) is 11.8 Å². The van der Waals surface area contributed by atoms with E-state index in [1.807, 2.05) is 18.2 Å². The standard InChI is InChI=1S/C16H22N2OS/c1-12-6-2-5-9-15(12)19-10-11-20-16-17-13-7-3-4-8-14(13)18-16/h2,5-6,9,13-14H,3-4,7-8,10-11H2,1H3,(H,17,18). The predicted octanol–water partition coefficient (Wildman–Crippen LogP) is 3.38. The maximum Gasteiger partial charge on any atom is 0.157 e. The Balaban J connectivity index is 1.41. The van der Waals surface area contributed by atoms with Crippen LogP contribution in [0.5, 0.6) is 5.75 Å². The monoisotopic (exact) mass is 290 g/mol. The van der Waals surface area contributed by atoms with Crippen LogP contribution >= 0.6 is 11.8 Å². The molecule has 1 saturated carbocycles. The summed E-state index contributed by atoms with van der Waals surface area (Å²) in [4.78, 5) is 4.79. The maximum atomic E-state index is 5.81. The molecule has 1 aromatic carbocycles.